The summed E-state index contributed by atoms with van der Waals surface area (Å²) in [4.78, 5) is 0. The van der Waals surface area contributed by atoms with Crippen molar-refractivity contribution in [2.24, 2.45) is 0 Å². The van der Waals surface area contributed by atoms with Crippen LogP contribution >= 0.6 is 0 Å². The molecule has 0 bridgehead atoms. The Labute approximate surface area is 77.1 Å². The first kappa shape index (κ1) is 11.9. The third-order valence-corrected chi connectivity index (χ3v) is 2.46. The van der Waals surface area contributed by atoms with E-state index in [2.05, 4.69) is 38.5 Å². The van der Waals surface area contributed by atoms with Crippen molar-refractivity contribution < 1.29 is 0 Å². The van der Waals surface area contributed by atoms with Crippen LogP contribution in [0.5, 0.6) is 0 Å². The van der Waals surface area contributed by atoms with Crippen LogP contribution in [0.15, 0.2) is 0 Å². The van der Waals surface area contributed by atoms with E-state index in [9.17, 15) is 0 Å². The summed E-state index contributed by atoms with van der Waals surface area (Å²) in [5.41, 5.74) is 6.74. The summed E-state index contributed by atoms with van der Waals surface area (Å²) < 4.78 is 0. The molecule has 0 spiro atoms. The van der Waals surface area contributed by atoms with Crippen LogP contribution in [0.2, 0.25) is 0 Å². The highest BCUT2D eigenvalue weighted by Crippen LogP contribution is 1.97. The Morgan fingerprint density at radius 2 is 0.917 bits per heavy atom. The second kappa shape index (κ2) is 7.56. The van der Waals surface area contributed by atoms with Gasteiger partial charge < -0.3 is 0 Å². The maximum absolute atomic E-state index is 3.37. The van der Waals surface area contributed by atoms with Gasteiger partial charge in [0.15, 0.2) is 0 Å². The largest absolute Gasteiger partial charge is 0.255 e. The number of hydrazine groups is 1. The van der Waals surface area contributed by atoms with E-state index in [1.807, 2.05) is 0 Å². The SMILES string of the molecule is CCC(CC)NNC(CC)CC. The molecule has 0 saturated carbocycles. The molecule has 0 amide bonds. The van der Waals surface area contributed by atoms with Crippen LogP contribution in [0.25, 0.3) is 0 Å². The van der Waals surface area contributed by atoms with Crippen LogP contribution in [0.4, 0.5) is 0 Å². The van der Waals surface area contributed by atoms with Crippen LogP contribution in [-0.2, 0) is 0 Å². The van der Waals surface area contributed by atoms with E-state index in [-0.39, 0.29) is 0 Å². The Morgan fingerprint density at radius 3 is 1.08 bits per heavy atom. The summed E-state index contributed by atoms with van der Waals surface area (Å²) in [6, 6.07) is 1.26. The summed E-state index contributed by atoms with van der Waals surface area (Å²) in [6.45, 7) is 8.87. The van der Waals surface area contributed by atoms with Gasteiger partial charge in [-0.15, -0.1) is 0 Å². The lowest BCUT2D eigenvalue weighted by molar-refractivity contribution is 0.345. The topological polar surface area (TPSA) is 24.1 Å². The minimum Gasteiger partial charge on any atom is -0.255 e. The van der Waals surface area contributed by atoms with Gasteiger partial charge in [-0.2, -0.15) is 0 Å². The summed E-state index contributed by atoms with van der Waals surface area (Å²) in [5, 5.41) is 0. The van der Waals surface area contributed by atoms with Crippen LogP contribution in [0.1, 0.15) is 53.4 Å². The average molecular weight is 172 g/mol. The summed E-state index contributed by atoms with van der Waals surface area (Å²) in [5.74, 6) is 0. The fourth-order valence-electron chi connectivity index (χ4n) is 1.22. The number of rotatable bonds is 7. The maximum atomic E-state index is 3.37. The Hall–Kier alpha value is -0.0800. The van der Waals surface area contributed by atoms with Crippen molar-refractivity contribution in [1.82, 2.24) is 10.9 Å². The van der Waals surface area contributed by atoms with Crippen LogP contribution in [0.3, 0.4) is 0 Å². The molecule has 12 heavy (non-hydrogen) atoms. The standard InChI is InChI=1S/C10H24N2/c1-5-9(6-2)11-12-10(7-3)8-4/h9-12H,5-8H2,1-4H3. The minimum atomic E-state index is 0.630. The first-order valence-electron chi connectivity index (χ1n) is 5.29. The molecule has 0 aromatic rings. The van der Waals surface area contributed by atoms with E-state index >= 15 is 0 Å². The molecule has 0 aliphatic heterocycles. The zero-order chi connectivity index (χ0) is 9.40. The first-order chi connectivity index (χ1) is 5.78. The van der Waals surface area contributed by atoms with E-state index < -0.39 is 0 Å². The van der Waals surface area contributed by atoms with E-state index in [1.54, 1.807) is 0 Å². The van der Waals surface area contributed by atoms with Crippen molar-refractivity contribution >= 4 is 0 Å². The van der Waals surface area contributed by atoms with Crippen LogP contribution in [-0.4, -0.2) is 12.1 Å². The molecule has 0 aromatic carbocycles. The Kier molecular flexibility index (Phi) is 7.51. The number of hydrogen-bond donors (Lipinski definition) is 2. The molecule has 74 valence electrons. The number of hydrogen-bond acceptors (Lipinski definition) is 2. The molecule has 2 nitrogen and oxygen atoms in total. The molecule has 0 aromatic heterocycles. The molecule has 0 heterocycles. The molecule has 0 rings (SSSR count). The van der Waals surface area contributed by atoms with Gasteiger partial charge in [-0.05, 0) is 25.7 Å². The van der Waals surface area contributed by atoms with Gasteiger partial charge in [-0.1, -0.05) is 27.7 Å². The van der Waals surface area contributed by atoms with Gasteiger partial charge in [0, 0.05) is 12.1 Å². The molecule has 0 atom stereocenters. The lowest BCUT2D eigenvalue weighted by atomic mass is 10.2. The second-order valence-electron chi connectivity index (χ2n) is 3.32. The van der Waals surface area contributed by atoms with Crippen molar-refractivity contribution in [1.29, 1.82) is 0 Å². The minimum absolute atomic E-state index is 0.630. The third kappa shape index (κ3) is 4.73. The van der Waals surface area contributed by atoms with Gasteiger partial charge in [0.2, 0.25) is 0 Å². The fourth-order valence-corrected chi connectivity index (χ4v) is 1.22. The summed E-state index contributed by atoms with van der Waals surface area (Å²) >= 11 is 0. The number of nitrogens with one attached hydrogen (secondary N) is 2. The van der Waals surface area contributed by atoms with Crippen LogP contribution < -0.4 is 10.9 Å². The summed E-state index contributed by atoms with van der Waals surface area (Å²) in [6.07, 6.45) is 4.79. The van der Waals surface area contributed by atoms with Gasteiger partial charge in [0.05, 0.1) is 0 Å². The van der Waals surface area contributed by atoms with E-state index in [0.717, 1.165) is 0 Å². The third-order valence-electron chi connectivity index (χ3n) is 2.46. The first-order valence-corrected chi connectivity index (χ1v) is 5.29. The highest BCUT2D eigenvalue weighted by atomic mass is 15.4. The van der Waals surface area contributed by atoms with E-state index in [0.29, 0.717) is 12.1 Å². The monoisotopic (exact) mass is 172 g/mol. The van der Waals surface area contributed by atoms with Gasteiger partial charge in [-0.25, -0.2) is 0 Å². The molecule has 0 fully saturated rings. The van der Waals surface area contributed by atoms with Gasteiger partial charge >= 0.3 is 0 Å². The molecular formula is C10H24N2. The molecule has 2 N–H and O–H groups in total. The second-order valence-corrected chi connectivity index (χ2v) is 3.32. The Bertz CT molecular complexity index is 73.8. The quantitative estimate of drug-likeness (QED) is 0.576. The zero-order valence-electron chi connectivity index (χ0n) is 8.98. The van der Waals surface area contributed by atoms with Gasteiger partial charge in [-0.3, -0.25) is 10.9 Å². The Morgan fingerprint density at radius 1 is 0.667 bits per heavy atom. The molecule has 0 saturated heterocycles. The van der Waals surface area contributed by atoms with Crippen molar-refractivity contribution in [3.8, 4) is 0 Å². The lowest BCUT2D eigenvalue weighted by Crippen LogP contribution is -2.45. The lowest BCUT2D eigenvalue weighted by Gasteiger charge is -2.21. The zero-order valence-corrected chi connectivity index (χ0v) is 8.98. The van der Waals surface area contributed by atoms with E-state index in [1.165, 1.54) is 25.7 Å². The van der Waals surface area contributed by atoms with Gasteiger partial charge in [0.25, 0.3) is 0 Å². The average Bonchev–Trinajstić information content (AvgIpc) is 2.13. The predicted molar refractivity (Wildman–Crippen MR) is 55.0 cm³/mol. The highest BCUT2D eigenvalue weighted by molar-refractivity contribution is 4.63. The van der Waals surface area contributed by atoms with Crippen LogP contribution in [0, 0.1) is 0 Å². The normalized spacial score (nSPS) is 11.5. The van der Waals surface area contributed by atoms with Gasteiger partial charge in [0.1, 0.15) is 0 Å². The molecule has 0 aliphatic rings. The molecule has 0 unspecified atom stereocenters. The van der Waals surface area contributed by atoms with Crippen molar-refractivity contribution in [3.05, 3.63) is 0 Å². The smallest absolute Gasteiger partial charge is 0.0207 e. The molecule has 0 aliphatic carbocycles. The van der Waals surface area contributed by atoms with Crippen molar-refractivity contribution in [2.75, 3.05) is 0 Å². The van der Waals surface area contributed by atoms with Crippen molar-refractivity contribution in [3.63, 3.8) is 0 Å². The molecule has 2 heteroatoms. The van der Waals surface area contributed by atoms with Crippen molar-refractivity contribution in [2.45, 2.75) is 65.5 Å². The molecule has 0 radical (unpaired) electrons. The Balaban J connectivity index is 3.49. The summed E-state index contributed by atoms with van der Waals surface area (Å²) in [7, 11) is 0. The van der Waals surface area contributed by atoms with E-state index in [4.69, 9.17) is 0 Å². The predicted octanol–water partition coefficient (Wildman–Crippen LogP) is 2.46. The maximum Gasteiger partial charge on any atom is 0.0207 e. The fraction of sp³-hybridized carbons (Fsp3) is 1.00. The highest BCUT2D eigenvalue weighted by Gasteiger charge is 2.05. The molecular weight excluding hydrogens is 148 g/mol.